The number of hydrogen-bond acceptors (Lipinski definition) is 4. The highest BCUT2D eigenvalue weighted by Gasteiger charge is 2.26. The van der Waals surface area contributed by atoms with Gasteiger partial charge in [-0.1, -0.05) is 11.6 Å². The highest BCUT2D eigenvalue weighted by atomic mass is 79.9. The predicted octanol–water partition coefficient (Wildman–Crippen LogP) is 2.03. The van der Waals surface area contributed by atoms with E-state index in [0.29, 0.717) is 17.6 Å². The van der Waals surface area contributed by atoms with Gasteiger partial charge in [0.2, 0.25) is 15.9 Å². The van der Waals surface area contributed by atoms with Gasteiger partial charge in [0, 0.05) is 23.8 Å². The van der Waals surface area contributed by atoms with Crippen LogP contribution in [-0.2, 0) is 14.8 Å². The lowest BCUT2D eigenvalue weighted by Crippen LogP contribution is -2.46. The SMILES string of the molecule is CCN(CC)C(=O)C(C)NS(=O)(=O)c1cc(Br)cnc1Cl. The van der Waals surface area contributed by atoms with E-state index in [4.69, 9.17) is 11.6 Å². The molecule has 0 saturated carbocycles. The minimum absolute atomic E-state index is 0.145. The molecule has 1 aromatic rings. The van der Waals surface area contributed by atoms with Gasteiger partial charge in [0.1, 0.15) is 10.0 Å². The van der Waals surface area contributed by atoms with Crippen LogP contribution in [-0.4, -0.2) is 43.3 Å². The van der Waals surface area contributed by atoms with Crippen molar-refractivity contribution < 1.29 is 13.2 Å². The lowest BCUT2D eigenvalue weighted by atomic mass is 10.3. The Morgan fingerprint density at radius 3 is 2.57 bits per heavy atom. The summed E-state index contributed by atoms with van der Waals surface area (Å²) in [6.07, 6.45) is 1.39. The van der Waals surface area contributed by atoms with Gasteiger partial charge in [-0.15, -0.1) is 0 Å². The van der Waals surface area contributed by atoms with Gasteiger partial charge in [-0.3, -0.25) is 4.79 Å². The highest BCUT2D eigenvalue weighted by Crippen LogP contribution is 2.22. The summed E-state index contributed by atoms with van der Waals surface area (Å²) in [5, 5.41) is -0.145. The molecule has 0 saturated heterocycles. The minimum Gasteiger partial charge on any atom is -0.342 e. The third-order valence-corrected chi connectivity index (χ3v) is 5.24. The Morgan fingerprint density at radius 1 is 1.48 bits per heavy atom. The first-order valence-electron chi connectivity index (χ1n) is 6.35. The quantitative estimate of drug-likeness (QED) is 0.744. The van der Waals surface area contributed by atoms with Crippen molar-refractivity contribution in [2.45, 2.75) is 31.7 Å². The van der Waals surface area contributed by atoms with Crippen molar-refractivity contribution in [2.24, 2.45) is 0 Å². The van der Waals surface area contributed by atoms with Crippen LogP contribution in [0, 0.1) is 0 Å². The number of hydrogen-bond donors (Lipinski definition) is 1. The van der Waals surface area contributed by atoms with Gasteiger partial charge < -0.3 is 4.90 Å². The number of sulfonamides is 1. The summed E-state index contributed by atoms with van der Waals surface area (Å²) >= 11 is 8.96. The van der Waals surface area contributed by atoms with Gasteiger partial charge >= 0.3 is 0 Å². The number of likely N-dealkylation sites (N-methyl/N-ethyl adjacent to an activating group) is 1. The fraction of sp³-hybridized carbons (Fsp3) is 0.500. The van der Waals surface area contributed by atoms with Gasteiger partial charge in [-0.25, -0.2) is 13.4 Å². The summed E-state index contributed by atoms with van der Waals surface area (Å²) in [6.45, 7) is 6.19. The van der Waals surface area contributed by atoms with Crippen LogP contribution in [0.3, 0.4) is 0 Å². The van der Waals surface area contributed by atoms with E-state index in [2.05, 4.69) is 25.6 Å². The number of aromatic nitrogens is 1. The molecule has 6 nitrogen and oxygen atoms in total. The van der Waals surface area contributed by atoms with Crippen molar-refractivity contribution in [3.05, 3.63) is 21.9 Å². The van der Waals surface area contributed by atoms with Crippen LogP contribution >= 0.6 is 27.5 Å². The number of nitrogens with zero attached hydrogens (tertiary/aromatic N) is 2. The molecule has 1 N–H and O–H groups in total. The summed E-state index contributed by atoms with van der Waals surface area (Å²) in [7, 11) is -3.93. The molecular formula is C12H17BrClN3O3S. The molecule has 9 heteroatoms. The van der Waals surface area contributed by atoms with Gasteiger partial charge in [-0.2, -0.15) is 4.72 Å². The van der Waals surface area contributed by atoms with Crippen LogP contribution in [0.15, 0.2) is 21.6 Å². The number of pyridine rings is 1. The molecule has 0 bridgehead atoms. The van der Waals surface area contributed by atoms with Crippen molar-refractivity contribution >= 4 is 43.5 Å². The molecule has 0 radical (unpaired) electrons. The monoisotopic (exact) mass is 397 g/mol. The fourth-order valence-electron chi connectivity index (χ4n) is 1.75. The molecule has 1 amide bonds. The maximum absolute atomic E-state index is 12.3. The average molecular weight is 399 g/mol. The number of rotatable bonds is 6. The average Bonchev–Trinajstić information content (AvgIpc) is 2.42. The Labute approximate surface area is 138 Å². The molecule has 0 fully saturated rings. The van der Waals surface area contributed by atoms with Crippen LogP contribution in [0.2, 0.25) is 5.15 Å². The Kier molecular flexibility index (Phi) is 6.58. The Balaban J connectivity index is 3.00. The van der Waals surface area contributed by atoms with Crippen molar-refractivity contribution in [1.82, 2.24) is 14.6 Å². The molecule has 1 unspecified atom stereocenters. The third kappa shape index (κ3) is 4.64. The second-order valence-corrected chi connectivity index (χ2v) is 7.25. The molecule has 1 aromatic heterocycles. The van der Waals surface area contributed by atoms with Crippen molar-refractivity contribution in [1.29, 1.82) is 0 Å². The Morgan fingerprint density at radius 2 is 2.05 bits per heavy atom. The lowest BCUT2D eigenvalue weighted by molar-refractivity contribution is -0.132. The van der Waals surface area contributed by atoms with E-state index in [1.807, 2.05) is 13.8 Å². The standard InChI is InChI=1S/C12H17BrClN3O3S/c1-4-17(5-2)12(18)8(3)16-21(19,20)10-6-9(13)7-15-11(10)14/h6-8,16H,4-5H2,1-3H3. The van der Waals surface area contributed by atoms with E-state index in [0.717, 1.165) is 0 Å². The van der Waals surface area contributed by atoms with Gasteiger partial charge in [0.15, 0.2) is 0 Å². The number of carbonyl (C=O) groups excluding carboxylic acids is 1. The largest absolute Gasteiger partial charge is 0.342 e. The molecule has 118 valence electrons. The van der Waals surface area contributed by atoms with Gasteiger partial charge in [-0.05, 0) is 42.8 Å². The normalized spacial score (nSPS) is 13.0. The molecule has 0 spiro atoms. The summed E-state index contributed by atoms with van der Waals surface area (Å²) in [5.74, 6) is -0.289. The van der Waals surface area contributed by atoms with E-state index in [9.17, 15) is 13.2 Å². The van der Waals surface area contributed by atoms with E-state index >= 15 is 0 Å². The number of carbonyl (C=O) groups is 1. The molecule has 1 rings (SSSR count). The maximum atomic E-state index is 12.3. The molecular weight excluding hydrogens is 382 g/mol. The molecule has 1 heterocycles. The second kappa shape index (κ2) is 7.53. The summed E-state index contributed by atoms with van der Waals surface area (Å²) < 4.78 is 27.4. The Hall–Kier alpha value is -0.700. The van der Waals surface area contributed by atoms with Crippen LogP contribution in [0.5, 0.6) is 0 Å². The number of amides is 1. The first-order chi connectivity index (χ1) is 9.72. The molecule has 1 atom stereocenters. The van der Waals surface area contributed by atoms with E-state index < -0.39 is 16.1 Å². The van der Waals surface area contributed by atoms with Crippen molar-refractivity contribution in [2.75, 3.05) is 13.1 Å². The van der Waals surface area contributed by atoms with Crippen LogP contribution in [0.1, 0.15) is 20.8 Å². The van der Waals surface area contributed by atoms with Crippen LogP contribution < -0.4 is 4.72 Å². The zero-order valence-corrected chi connectivity index (χ0v) is 15.1. The number of nitrogens with one attached hydrogen (secondary N) is 1. The fourth-order valence-corrected chi connectivity index (χ4v) is 3.89. The first-order valence-corrected chi connectivity index (χ1v) is 9.00. The van der Waals surface area contributed by atoms with Crippen molar-refractivity contribution in [3.8, 4) is 0 Å². The van der Waals surface area contributed by atoms with E-state index in [1.54, 1.807) is 4.90 Å². The smallest absolute Gasteiger partial charge is 0.244 e. The zero-order valence-electron chi connectivity index (χ0n) is 11.9. The topological polar surface area (TPSA) is 79.4 Å². The zero-order chi connectivity index (χ0) is 16.2. The first kappa shape index (κ1) is 18.3. The lowest BCUT2D eigenvalue weighted by Gasteiger charge is -2.23. The van der Waals surface area contributed by atoms with Crippen LogP contribution in [0.25, 0.3) is 0 Å². The molecule has 0 aliphatic rings. The summed E-state index contributed by atoms with van der Waals surface area (Å²) in [6, 6.07) is 0.455. The minimum atomic E-state index is -3.93. The second-order valence-electron chi connectivity index (χ2n) is 4.30. The highest BCUT2D eigenvalue weighted by molar-refractivity contribution is 9.10. The van der Waals surface area contributed by atoms with Gasteiger partial charge in [0.25, 0.3) is 0 Å². The summed E-state index contributed by atoms with van der Waals surface area (Å²) in [5.41, 5.74) is 0. The van der Waals surface area contributed by atoms with E-state index in [-0.39, 0.29) is 16.0 Å². The Bertz CT molecular complexity index is 620. The maximum Gasteiger partial charge on any atom is 0.244 e. The van der Waals surface area contributed by atoms with Crippen molar-refractivity contribution in [3.63, 3.8) is 0 Å². The number of halogens is 2. The third-order valence-electron chi connectivity index (χ3n) is 2.84. The summed E-state index contributed by atoms with van der Waals surface area (Å²) in [4.78, 5) is 17.3. The molecule has 0 aliphatic carbocycles. The molecule has 21 heavy (non-hydrogen) atoms. The molecule has 0 aliphatic heterocycles. The van der Waals surface area contributed by atoms with Gasteiger partial charge in [0.05, 0.1) is 6.04 Å². The van der Waals surface area contributed by atoms with E-state index in [1.165, 1.54) is 19.2 Å². The van der Waals surface area contributed by atoms with Crippen LogP contribution in [0.4, 0.5) is 0 Å². The predicted molar refractivity (Wildman–Crippen MR) is 84.7 cm³/mol. The molecule has 0 aromatic carbocycles.